The quantitative estimate of drug-likeness (QED) is 0.435. The molecule has 3 aromatic rings. The van der Waals surface area contributed by atoms with Crippen LogP contribution >= 0.6 is 0 Å². The molecule has 0 radical (unpaired) electrons. The van der Waals surface area contributed by atoms with Crippen molar-refractivity contribution in [1.82, 2.24) is 30.0 Å². The first-order chi connectivity index (χ1) is 16.7. The van der Waals surface area contributed by atoms with Crippen molar-refractivity contribution in [3.63, 3.8) is 0 Å². The summed E-state index contributed by atoms with van der Waals surface area (Å²) in [4.78, 5) is 16.2. The number of piperazine rings is 1. The number of nitrogens with one attached hydrogen (secondary N) is 2. The number of rotatable bonds is 9. The Morgan fingerprint density at radius 1 is 1.26 bits per heavy atom. The van der Waals surface area contributed by atoms with Gasteiger partial charge in [0.2, 0.25) is 5.95 Å². The minimum Gasteiger partial charge on any atom is -0.370 e. The van der Waals surface area contributed by atoms with Gasteiger partial charge >= 0.3 is 6.18 Å². The molecule has 0 bridgehead atoms. The van der Waals surface area contributed by atoms with Gasteiger partial charge in [-0.05, 0) is 24.5 Å². The molecule has 1 atom stereocenters. The van der Waals surface area contributed by atoms with E-state index in [1.807, 2.05) is 32.0 Å². The van der Waals surface area contributed by atoms with Gasteiger partial charge in [-0.2, -0.15) is 23.3 Å². The van der Waals surface area contributed by atoms with Crippen LogP contribution in [0.5, 0.6) is 0 Å². The van der Waals surface area contributed by atoms with E-state index in [2.05, 4.69) is 27.4 Å². The Morgan fingerprint density at radius 3 is 2.77 bits per heavy atom. The Bertz CT molecular complexity index is 1120. The van der Waals surface area contributed by atoms with Crippen LogP contribution in [-0.2, 0) is 11.3 Å². The van der Waals surface area contributed by atoms with Crippen molar-refractivity contribution in [1.29, 1.82) is 0 Å². The maximum absolute atomic E-state index is 12.5. The van der Waals surface area contributed by atoms with Crippen molar-refractivity contribution in [2.24, 2.45) is 0 Å². The molecule has 0 spiro atoms. The molecule has 190 valence electrons. The summed E-state index contributed by atoms with van der Waals surface area (Å²) >= 11 is 0. The number of ether oxygens (including phenoxy) is 1. The SMILES string of the molecule is CC[C@@H]1CN(c2nc(Nc3ccccn3)c3c(n2)c(C(C)C)nn3CCOCC(F)(F)F)CCN1. The van der Waals surface area contributed by atoms with Gasteiger partial charge in [-0.3, -0.25) is 4.68 Å². The van der Waals surface area contributed by atoms with Crippen LogP contribution in [0.25, 0.3) is 11.0 Å². The van der Waals surface area contributed by atoms with Gasteiger partial charge < -0.3 is 20.3 Å². The number of aromatic nitrogens is 5. The summed E-state index contributed by atoms with van der Waals surface area (Å²) in [5, 5.41) is 11.5. The Balaban J connectivity index is 1.75. The number of pyridine rings is 1. The zero-order valence-electron chi connectivity index (χ0n) is 20.1. The summed E-state index contributed by atoms with van der Waals surface area (Å²) in [6, 6.07) is 5.84. The molecule has 1 aliphatic heterocycles. The predicted octanol–water partition coefficient (Wildman–Crippen LogP) is 3.86. The molecule has 0 amide bonds. The molecule has 4 rings (SSSR count). The second-order valence-electron chi connectivity index (χ2n) is 8.85. The molecule has 35 heavy (non-hydrogen) atoms. The Kier molecular flexibility index (Phi) is 7.70. The Hall–Kier alpha value is -2.99. The molecule has 2 N–H and O–H groups in total. The van der Waals surface area contributed by atoms with E-state index in [1.54, 1.807) is 10.9 Å². The van der Waals surface area contributed by atoms with Gasteiger partial charge in [-0.15, -0.1) is 0 Å². The van der Waals surface area contributed by atoms with Crippen molar-refractivity contribution < 1.29 is 17.9 Å². The fraction of sp³-hybridized carbons (Fsp3) is 0.565. The smallest absolute Gasteiger partial charge is 0.370 e. The highest BCUT2D eigenvalue weighted by atomic mass is 19.4. The zero-order valence-corrected chi connectivity index (χ0v) is 20.1. The number of anilines is 3. The van der Waals surface area contributed by atoms with Crippen LogP contribution in [0.4, 0.5) is 30.8 Å². The summed E-state index contributed by atoms with van der Waals surface area (Å²) in [6.07, 6.45) is -1.71. The van der Waals surface area contributed by atoms with E-state index in [9.17, 15) is 13.2 Å². The highest BCUT2D eigenvalue weighted by Crippen LogP contribution is 2.31. The van der Waals surface area contributed by atoms with Crippen LogP contribution in [-0.4, -0.2) is 69.8 Å². The number of halogens is 3. The fourth-order valence-electron chi connectivity index (χ4n) is 4.05. The number of nitrogens with zero attached hydrogens (tertiary/aromatic N) is 6. The van der Waals surface area contributed by atoms with E-state index in [0.29, 0.717) is 34.7 Å². The molecule has 0 aliphatic carbocycles. The standard InChI is InChI=1S/C23H31F3N8O/c1-4-16-13-33(10-9-27-16)22-30-19-18(15(2)3)32-34(11-12-35-14-23(24,25)26)20(19)21(31-22)29-17-7-5-6-8-28-17/h5-8,15-16,27H,4,9-14H2,1-3H3,(H,28,29,30,31)/t16-/m1/s1. The maximum Gasteiger partial charge on any atom is 0.411 e. The Morgan fingerprint density at radius 2 is 2.09 bits per heavy atom. The van der Waals surface area contributed by atoms with Crippen molar-refractivity contribution in [3.05, 3.63) is 30.1 Å². The van der Waals surface area contributed by atoms with E-state index in [-0.39, 0.29) is 19.1 Å². The third kappa shape index (κ3) is 6.17. The third-order valence-corrected chi connectivity index (χ3v) is 5.80. The van der Waals surface area contributed by atoms with Crippen LogP contribution < -0.4 is 15.5 Å². The van der Waals surface area contributed by atoms with Gasteiger partial charge in [0.05, 0.1) is 18.8 Å². The summed E-state index contributed by atoms with van der Waals surface area (Å²) in [5.74, 6) is 1.74. The lowest BCUT2D eigenvalue weighted by atomic mass is 10.1. The Labute approximate surface area is 202 Å². The summed E-state index contributed by atoms with van der Waals surface area (Å²) < 4.78 is 44.1. The summed E-state index contributed by atoms with van der Waals surface area (Å²) in [6.45, 7) is 7.22. The lowest BCUT2D eigenvalue weighted by Gasteiger charge is -2.33. The number of hydrogen-bond donors (Lipinski definition) is 2. The van der Waals surface area contributed by atoms with E-state index in [0.717, 1.165) is 31.7 Å². The lowest BCUT2D eigenvalue weighted by Crippen LogP contribution is -2.51. The topological polar surface area (TPSA) is 93.0 Å². The lowest BCUT2D eigenvalue weighted by molar-refractivity contribution is -0.174. The molecule has 0 saturated carbocycles. The first-order valence-corrected chi connectivity index (χ1v) is 11.8. The second kappa shape index (κ2) is 10.7. The average Bonchev–Trinajstić information content (AvgIpc) is 3.21. The summed E-state index contributed by atoms with van der Waals surface area (Å²) in [5.41, 5.74) is 2.04. The first kappa shape index (κ1) is 25.1. The van der Waals surface area contributed by atoms with Crippen LogP contribution in [0, 0.1) is 0 Å². The van der Waals surface area contributed by atoms with Gasteiger partial charge in [-0.1, -0.05) is 26.8 Å². The third-order valence-electron chi connectivity index (χ3n) is 5.80. The molecule has 9 nitrogen and oxygen atoms in total. The van der Waals surface area contributed by atoms with Gasteiger partial charge in [0.1, 0.15) is 23.5 Å². The van der Waals surface area contributed by atoms with Crippen LogP contribution in [0.15, 0.2) is 24.4 Å². The van der Waals surface area contributed by atoms with Crippen molar-refractivity contribution >= 4 is 28.6 Å². The molecule has 1 fully saturated rings. The van der Waals surface area contributed by atoms with Gasteiger partial charge in [-0.25, -0.2) is 9.97 Å². The number of alkyl halides is 3. The van der Waals surface area contributed by atoms with Crippen LogP contribution in [0.2, 0.25) is 0 Å². The highest BCUT2D eigenvalue weighted by Gasteiger charge is 2.28. The first-order valence-electron chi connectivity index (χ1n) is 11.8. The minimum atomic E-state index is -4.38. The molecule has 4 heterocycles. The predicted molar refractivity (Wildman–Crippen MR) is 128 cm³/mol. The van der Waals surface area contributed by atoms with Crippen LogP contribution in [0.3, 0.4) is 0 Å². The van der Waals surface area contributed by atoms with Gasteiger partial charge in [0.25, 0.3) is 0 Å². The van der Waals surface area contributed by atoms with Crippen molar-refractivity contribution in [3.8, 4) is 0 Å². The molecule has 3 aromatic heterocycles. The monoisotopic (exact) mass is 492 g/mol. The van der Waals surface area contributed by atoms with Crippen molar-refractivity contribution in [2.75, 3.05) is 43.1 Å². The van der Waals surface area contributed by atoms with E-state index >= 15 is 0 Å². The van der Waals surface area contributed by atoms with E-state index < -0.39 is 12.8 Å². The largest absolute Gasteiger partial charge is 0.411 e. The molecule has 12 heteroatoms. The number of fused-ring (bicyclic) bond motifs is 1. The van der Waals surface area contributed by atoms with E-state index in [4.69, 9.17) is 19.8 Å². The van der Waals surface area contributed by atoms with Gasteiger partial charge in [0, 0.05) is 31.9 Å². The zero-order chi connectivity index (χ0) is 25.0. The molecule has 0 unspecified atom stereocenters. The molecule has 0 aromatic carbocycles. The normalized spacial score (nSPS) is 16.9. The molecule has 1 saturated heterocycles. The van der Waals surface area contributed by atoms with Gasteiger partial charge in [0.15, 0.2) is 5.82 Å². The highest BCUT2D eigenvalue weighted by molar-refractivity contribution is 5.90. The minimum absolute atomic E-state index is 0.0479. The average molecular weight is 493 g/mol. The summed E-state index contributed by atoms with van der Waals surface area (Å²) in [7, 11) is 0. The molecular weight excluding hydrogens is 461 g/mol. The van der Waals surface area contributed by atoms with Crippen molar-refractivity contribution in [2.45, 2.75) is 51.9 Å². The molecule has 1 aliphatic rings. The van der Waals surface area contributed by atoms with Crippen LogP contribution in [0.1, 0.15) is 38.8 Å². The van der Waals surface area contributed by atoms with E-state index in [1.165, 1.54) is 0 Å². The maximum atomic E-state index is 12.5. The fourth-order valence-corrected chi connectivity index (χ4v) is 4.05. The second-order valence-corrected chi connectivity index (χ2v) is 8.85. The number of hydrogen-bond acceptors (Lipinski definition) is 8. The molecular formula is C23H31F3N8O.